The van der Waals surface area contributed by atoms with Crippen LogP contribution < -0.4 is 4.74 Å². The molecule has 0 fully saturated rings. The molecule has 1 aromatic rings. The van der Waals surface area contributed by atoms with Crippen molar-refractivity contribution in [3.63, 3.8) is 0 Å². The molecular weight excluding hydrogens is 158 g/mol. The summed E-state index contributed by atoms with van der Waals surface area (Å²) in [4.78, 5) is 3.80. The third kappa shape index (κ3) is 2.86. The van der Waals surface area contributed by atoms with Crippen molar-refractivity contribution in [3.05, 3.63) is 24.5 Å². The minimum atomic E-state index is -0.821. The summed E-state index contributed by atoms with van der Waals surface area (Å²) in [6.07, 6.45) is 2.37. The van der Waals surface area contributed by atoms with Crippen LogP contribution in [0.2, 0.25) is 0 Å². The molecule has 0 aromatic carbocycles. The second kappa shape index (κ2) is 4.69. The van der Waals surface area contributed by atoms with Gasteiger partial charge in [-0.1, -0.05) is 0 Å². The topological polar surface area (TPSA) is 62.6 Å². The second-order valence-electron chi connectivity index (χ2n) is 2.33. The smallest absolute Gasteiger partial charge is 0.122 e. The molecule has 1 heterocycles. The van der Waals surface area contributed by atoms with Crippen LogP contribution in [-0.4, -0.2) is 34.5 Å². The zero-order valence-electron chi connectivity index (χ0n) is 6.55. The molecule has 1 rings (SSSR count). The summed E-state index contributed by atoms with van der Waals surface area (Å²) in [5, 5.41) is 17.4. The largest absolute Gasteiger partial charge is 0.491 e. The van der Waals surface area contributed by atoms with E-state index in [9.17, 15) is 0 Å². The Morgan fingerprint density at radius 2 is 2.08 bits per heavy atom. The van der Waals surface area contributed by atoms with Gasteiger partial charge in [-0.2, -0.15) is 0 Å². The van der Waals surface area contributed by atoms with Gasteiger partial charge < -0.3 is 14.9 Å². The zero-order chi connectivity index (χ0) is 8.81. The number of rotatable bonds is 4. The number of ether oxygens (including phenoxy) is 1. The van der Waals surface area contributed by atoms with Gasteiger partial charge >= 0.3 is 0 Å². The maximum absolute atomic E-state index is 8.93. The maximum Gasteiger partial charge on any atom is 0.122 e. The first-order valence-corrected chi connectivity index (χ1v) is 3.64. The highest BCUT2D eigenvalue weighted by Gasteiger charge is 2.01. The average Bonchev–Trinajstić information content (AvgIpc) is 2.16. The van der Waals surface area contributed by atoms with Gasteiger partial charge in [-0.3, -0.25) is 4.98 Å². The Morgan fingerprint density at radius 3 is 2.67 bits per heavy atom. The molecule has 0 radical (unpaired) electrons. The van der Waals surface area contributed by atoms with E-state index in [1.807, 2.05) is 0 Å². The van der Waals surface area contributed by atoms with Crippen LogP contribution in [0.1, 0.15) is 0 Å². The Bertz CT molecular complexity index is 215. The van der Waals surface area contributed by atoms with Crippen LogP contribution in [0.3, 0.4) is 0 Å². The third-order valence-corrected chi connectivity index (χ3v) is 1.30. The summed E-state index contributed by atoms with van der Waals surface area (Å²) in [7, 11) is 0. The van der Waals surface area contributed by atoms with E-state index in [4.69, 9.17) is 14.9 Å². The Labute approximate surface area is 70.4 Å². The summed E-state index contributed by atoms with van der Waals surface area (Å²) in [6, 6.07) is 3.37. The van der Waals surface area contributed by atoms with Crippen LogP contribution in [0.4, 0.5) is 0 Å². The Balaban J connectivity index is 2.33. The van der Waals surface area contributed by atoms with Crippen LogP contribution in [0.15, 0.2) is 24.5 Å². The van der Waals surface area contributed by atoms with Crippen LogP contribution in [0, 0.1) is 0 Å². The van der Waals surface area contributed by atoms with E-state index < -0.39 is 6.10 Å². The van der Waals surface area contributed by atoms with Gasteiger partial charge in [-0.15, -0.1) is 0 Å². The number of hydrogen-bond donors (Lipinski definition) is 2. The van der Waals surface area contributed by atoms with Crippen LogP contribution in [0.25, 0.3) is 0 Å². The molecule has 4 heteroatoms. The molecule has 2 N–H and O–H groups in total. The van der Waals surface area contributed by atoms with Gasteiger partial charge in [0, 0.05) is 12.4 Å². The first kappa shape index (κ1) is 8.96. The van der Waals surface area contributed by atoms with E-state index in [-0.39, 0.29) is 13.2 Å². The summed E-state index contributed by atoms with van der Waals surface area (Å²) >= 11 is 0. The summed E-state index contributed by atoms with van der Waals surface area (Å²) < 4.78 is 5.11. The second-order valence-corrected chi connectivity index (χ2v) is 2.33. The molecule has 0 bridgehead atoms. The lowest BCUT2D eigenvalue weighted by atomic mass is 10.4. The molecule has 1 atom stereocenters. The lowest BCUT2D eigenvalue weighted by molar-refractivity contribution is 0.0536. The molecule has 0 aliphatic carbocycles. The van der Waals surface area contributed by atoms with Gasteiger partial charge in [0.05, 0.1) is 6.61 Å². The summed E-state index contributed by atoms with van der Waals surface area (Å²) in [5.74, 6) is 0.637. The van der Waals surface area contributed by atoms with E-state index in [0.29, 0.717) is 5.75 Å². The lowest BCUT2D eigenvalue weighted by Crippen LogP contribution is -2.21. The van der Waals surface area contributed by atoms with Crippen molar-refractivity contribution in [1.29, 1.82) is 0 Å². The Hall–Kier alpha value is -1.13. The van der Waals surface area contributed by atoms with Crippen molar-refractivity contribution in [3.8, 4) is 5.75 Å². The Morgan fingerprint density at radius 1 is 1.42 bits per heavy atom. The van der Waals surface area contributed by atoms with Crippen molar-refractivity contribution in [2.45, 2.75) is 6.10 Å². The van der Waals surface area contributed by atoms with Gasteiger partial charge in [-0.25, -0.2) is 0 Å². The molecular formula is C8H11NO3. The normalized spacial score (nSPS) is 12.5. The predicted octanol–water partition coefficient (Wildman–Crippen LogP) is -0.186. The van der Waals surface area contributed by atoms with Crippen molar-refractivity contribution < 1.29 is 14.9 Å². The number of pyridine rings is 1. The number of aromatic nitrogens is 1. The highest BCUT2D eigenvalue weighted by atomic mass is 16.5. The van der Waals surface area contributed by atoms with E-state index in [0.717, 1.165) is 0 Å². The highest BCUT2D eigenvalue weighted by Crippen LogP contribution is 2.06. The maximum atomic E-state index is 8.93. The summed E-state index contributed by atoms with van der Waals surface area (Å²) in [6.45, 7) is -0.189. The molecule has 0 spiro atoms. The molecule has 12 heavy (non-hydrogen) atoms. The first-order chi connectivity index (χ1) is 5.83. The quantitative estimate of drug-likeness (QED) is 0.656. The summed E-state index contributed by atoms with van der Waals surface area (Å²) in [5.41, 5.74) is 0. The van der Waals surface area contributed by atoms with Crippen LogP contribution >= 0.6 is 0 Å². The fraction of sp³-hybridized carbons (Fsp3) is 0.375. The molecule has 1 aromatic heterocycles. The number of aliphatic hydroxyl groups is 2. The molecule has 0 saturated carbocycles. The van der Waals surface area contributed by atoms with Gasteiger partial charge in [0.2, 0.25) is 0 Å². The van der Waals surface area contributed by atoms with E-state index in [1.54, 1.807) is 24.5 Å². The third-order valence-electron chi connectivity index (χ3n) is 1.30. The molecule has 0 aliphatic rings. The molecule has 66 valence electrons. The SMILES string of the molecule is OC[C@@H](O)COc1ccncc1. The first-order valence-electron chi connectivity index (χ1n) is 3.64. The van der Waals surface area contributed by atoms with E-state index in [1.165, 1.54) is 0 Å². The Kier molecular flexibility index (Phi) is 3.50. The van der Waals surface area contributed by atoms with Gasteiger partial charge in [-0.05, 0) is 12.1 Å². The fourth-order valence-electron chi connectivity index (χ4n) is 0.680. The average molecular weight is 169 g/mol. The molecule has 0 amide bonds. The lowest BCUT2D eigenvalue weighted by Gasteiger charge is -2.08. The standard InChI is InChI=1S/C8H11NO3/c10-5-7(11)6-12-8-1-3-9-4-2-8/h1-4,7,10-11H,5-6H2/t7-/m1/s1. The van der Waals surface area contributed by atoms with Crippen molar-refractivity contribution in [2.75, 3.05) is 13.2 Å². The van der Waals surface area contributed by atoms with Gasteiger partial charge in [0.25, 0.3) is 0 Å². The molecule has 0 aliphatic heterocycles. The van der Waals surface area contributed by atoms with E-state index in [2.05, 4.69) is 4.98 Å². The molecule has 0 saturated heterocycles. The van der Waals surface area contributed by atoms with Crippen molar-refractivity contribution in [2.24, 2.45) is 0 Å². The zero-order valence-corrected chi connectivity index (χ0v) is 6.55. The number of aliphatic hydroxyl groups excluding tert-OH is 2. The van der Waals surface area contributed by atoms with Gasteiger partial charge in [0.1, 0.15) is 18.5 Å². The van der Waals surface area contributed by atoms with Crippen LogP contribution in [0.5, 0.6) is 5.75 Å². The highest BCUT2D eigenvalue weighted by molar-refractivity contribution is 5.16. The molecule has 0 unspecified atom stereocenters. The van der Waals surface area contributed by atoms with Gasteiger partial charge in [0.15, 0.2) is 0 Å². The number of hydrogen-bond acceptors (Lipinski definition) is 4. The van der Waals surface area contributed by atoms with Crippen molar-refractivity contribution in [1.82, 2.24) is 4.98 Å². The minimum Gasteiger partial charge on any atom is -0.491 e. The minimum absolute atomic E-state index is 0.0977. The monoisotopic (exact) mass is 169 g/mol. The van der Waals surface area contributed by atoms with Crippen molar-refractivity contribution >= 4 is 0 Å². The van der Waals surface area contributed by atoms with Crippen LogP contribution in [-0.2, 0) is 0 Å². The molecule has 4 nitrogen and oxygen atoms in total. The predicted molar refractivity (Wildman–Crippen MR) is 42.8 cm³/mol. The fourth-order valence-corrected chi connectivity index (χ4v) is 0.680. The number of nitrogens with zero attached hydrogens (tertiary/aromatic N) is 1. The van der Waals surface area contributed by atoms with E-state index >= 15 is 0 Å².